The monoisotopic (exact) mass is 358 g/mol. The van der Waals surface area contributed by atoms with Crippen molar-refractivity contribution in [1.29, 1.82) is 0 Å². The van der Waals surface area contributed by atoms with Gasteiger partial charge in [-0.3, -0.25) is 9.59 Å². The van der Waals surface area contributed by atoms with Gasteiger partial charge in [-0.1, -0.05) is 15.9 Å². The zero-order valence-corrected chi connectivity index (χ0v) is 13.3. The number of piperidine rings is 1. The molecule has 0 atom stereocenters. The van der Waals surface area contributed by atoms with Crippen molar-refractivity contribution < 1.29 is 9.59 Å². The highest BCUT2D eigenvalue weighted by Gasteiger charge is 2.24. The van der Waals surface area contributed by atoms with Gasteiger partial charge in [-0.25, -0.2) is 0 Å². The highest BCUT2D eigenvalue weighted by atomic mass is 79.9. The molecule has 0 bridgehead atoms. The van der Waals surface area contributed by atoms with E-state index in [-0.39, 0.29) is 23.7 Å². The second-order valence-electron chi connectivity index (χ2n) is 4.77. The summed E-state index contributed by atoms with van der Waals surface area (Å²) < 4.78 is 0.955. The number of carbonyl (C=O) groups excluding carboxylic acids is 2. The van der Waals surface area contributed by atoms with Crippen molar-refractivity contribution in [3.63, 3.8) is 0 Å². The number of benzene rings is 1. The standard InChI is InChI=1S/C14H16BrClN2O2/c15-11-3-1-10(2-4-11)14(20)18-7-5-12(6-8-18)17-13(19)9-16/h1-4,12H,5-9H2,(H,17,19). The van der Waals surface area contributed by atoms with Gasteiger partial charge in [0.25, 0.3) is 5.91 Å². The van der Waals surface area contributed by atoms with Crippen molar-refractivity contribution in [3.05, 3.63) is 34.3 Å². The van der Waals surface area contributed by atoms with Crippen LogP contribution in [0.25, 0.3) is 0 Å². The number of hydrogen-bond acceptors (Lipinski definition) is 2. The van der Waals surface area contributed by atoms with E-state index in [1.165, 1.54) is 0 Å². The molecule has 4 nitrogen and oxygen atoms in total. The van der Waals surface area contributed by atoms with E-state index in [1.54, 1.807) is 0 Å². The lowest BCUT2D eigenvalue weighted by Gasteiger charge is -2.32. The zero-order valence-electron chi connectivity index (χ0n) is 10.9. The van der Waals surface area contributed by atoms with Crippen LogP contribution in [0.2, 0.25) is 0 Å². The SMILES string of the molecule is O=C(CCl)NC1CCN(C(=O)c2ccc(Br)cc2)CC1. The van der Waals surface area contributed by atoms with Crippen LogP contribution in [0.5, 0.6) is 0 Å². The Morgan fingerprint density at radius 3 is 2.40 bits per heavy atom. The van der Waals surface area contributed by atoms with Crippen molar-refractivity contribution >= 4 is 39.3 Å². The molecular formula is C14H16BrClN2O2. The molecule has 0 aliphatic carbocycles. The Kier molecular flexibility index (Phi) is 5.43. The molecule has 1 saturated heterocycles. The van der Waals surface area contributed by atoms with Crippen LogP contribution in [-0.2, 0) is 4.79 Å². The predicted octanol–water partition coefficient (Wildman–Crippen LogP) is 2.41. The Labute approximate surface area is 131 Å². The molecule has 2 rings (SSSR count). The highest BCUT2D eigenvalue weighted by Crippen LogP contribution is 2.16. The van der Waals surface area contributed by atoms with E-state index >= 15 is 0 Å². The maximum Gasteiger partial charge on any atom is 0.253 e. The largest absolute Gasteiger partial charge is 0.352 e. The first-order valence-electron chi connectivity index (χ1n) is 6.50. The van der Waals surface area contributed by atoms with Crippen LogP contribution in [0.1, 0.15) is 23.2 Å². The molecular weight excluding hydrogens is 344 g/mol. The molecule has 1 aliphatic rings. The molecule has 0 unspecified atom stereocenters. The summed E-state index contributed by atoms with van der Waals surface area (Å²) in [5.41, 5.74) is 0.691. The molecule has 0 radical (unpaired) electrons. The molecule has 1 N–H and O–H groups in total. The van der Waals surface area contributed by atoms with Crippen LogP contribution in [0.15, 0.2) is 28.7 Å². The topological polar surface area (TPSA) is 49.4 Å². The summed E-state index contributed by atoms with van der Waals surface area (Å²) in [5, 5.41) is 2.86. The summed E-state index contributed by atoms with van der Waals surface area (Å²) in [6.45, 7) is 1.31. The van der Waals surface area contributed by atoms with Gasteiger partial charge < -0.3 is 10.2 Å². The van der Waals surface area contributed by atoms with Gasteiger partial charge in [0.2, 0.25) is 5.91 Å². The lowest BCUT2D eigenvalue weighted by atomic mass is 10.0. The number of hydrogen-bond donors (Lipinski definition) is 1. The summed E-state index contributed by atoms with van der Waals surface area (Å²) in [7, 11) is 0. The number of rotatable bonds is 3. The molecule has 1 aromatic carbocycles. The Balaban J connectivity index is 1.88. The Bertz CT molecular complexity index is 484. The number of nitrogens with one attached hydrogen (secondary N) is 1. The van der Waals surface area contributed by atoms with Gasteiger partial charge in [-0.15, -0.1) is 11.6 Å². The number of alkyl halides is 1. The van der Waals surface area contributed by atoms with Crippen molar-refractivity contribution in [2.45, 2.75) is 18.9 Å². The number of nitrogens with zero attached hydrogens (tertiary/aromatic N) is 1. The van der Waals surface area contributed by atoms with Crippen LogP contribution < -0.4 is 5.32 Å². The number of carbonyl (C=O) groups is 2. The molecule has 1 aromatic rings. The normalized spacial score (nSPS) is 16.0. The smallest absolute Gasteiger partial charge is 0.253 e. The maximum absolute atomic E-state index is 12.3. The van der Waals surface area contributed by atoms with E-state index in [0.717, 1.165) is 17.3 Å². The molecule has 20 heavy (non-hydrogen) atoms. The lowest BCUT2D eigenvalue weighted by molar-refractivity contribution is -0.119. The van der Waals surface area contributed by atoms with Gasteiger partial charge in [0, 0.05) is 29.2 Å². The van der Waals surface area contributed by atoms with Crippen molar-refractivity contribution in [2.75, 3.05) is 19.0 Å². The summed E-state index contributed by atoms with van der Waals surface area (Å²) in [4.78, 5) is 25.3. The van der Waals surface area contributed by atoms with Gasteiger partial charge in [-0.05, 0) is 37.1 Å². The molecule has 0 aromatic heterocycles. The molecule has 1 heterocycles. The minimum atomic E-state index is -0.149. The summed E-state index contributed by atoms with van der Waals surface area (Å²) in [5.74, 6) is -0.123. The van der Waals surface area contributed by atoms with E-state index in [0.29, 0.717) is 18.7 Å². The number of halogens is 2. The van der Waals surface area contributed by atoms with Crippen molar-refractivity contribution in [2.24, 2.45) is 0 Å². The van der Waals surface area contributed by atoms with Crippen LogP contribution in [0, 0.1) is 0 Å². The van der Waals surface area contributed by atoms with Gasteiger partial charge in [0.05, 0.1) is 0 Å². The van der Waals surface area contributed by atoms with Crippen LogP contribution in [0.4, 0.5) is 0 Å². The molecule has 0 saturated carbocycles. The molecule has 2 amide bonds. The summed E-state index contributed by atoms with van der Waals surface area (Å²) >= 11 is 8.81. The Morgan fingerprint density at radius 2 is 1.85 bits per heavy atom. The Morgan fingerprint density at radius 1 is 1.25 bits per heavy atom. The minimum absolute atomic E-state index is 0.0158. The molecule has 1 aliphatic heterocycles. The number of amides is 2. The fourth-order valence-corrected chi connectivity index (χ4v) is 2.61. The van der Waals surface area contributed by atoms with Crippen LogP contribution in [0.3, 0.4) is 0 Å². The summed E-state index contributed by atoms with van der Waals surface area (Å²) in [6.07, 6.45) is 1.54. The van der Waals surface area contributed by atoms with E-state index in [9.17, 15) is 9.59 Å². The van der Waals surface area contributed by atoms with E-state index in [4.69, 9.17) is 11.6 Å². The van der Waals surface area contributed by atoms with Crippen molar-refractivity contribution in [1.82, 2.24) is 10.2 Å². The van der Waals surface area contributed by atoms with Gasteiger partial charge in [0.1, 0.15) is 5.88 Å². The van der Waals surface area contributed by atoms with Crippen LogP contribution in [-0.4, -0.2) is 41.7 Å². The first-order chi connectivity index (χ1) is 9.60. The van der Waals surface area contributed by atoms with E-state index in [1.807, 2.05) is 29.2 Å². The summed E-state index contributed by atoms with van der Waals surface area (Å²) in [6, 6.07) is 7.47. The lowest BCUT2D eigenvalue weighted by Crippen LogP contribution is -2.46. The molecule has 108 valence electrons. The highest BCUT2D eigenvalue weighted by molar-refractivity contribution is 9.10. The van der Waals surface area contributed by atoms with Gasteiger partial charge in [-0.2, -0.15) is 0 Å². The quantitative estimate of drug-likeness (QED) is 0.843. The molecule has 1 fully saturated rings. The fourth-order valence-electron chi connectivity index (χ4n) is 2.27. The van der Waals surface area contributed by atoms with Crippen molar-refractivity contribution in [3.8, 4) is 0 Å². The third-order valence-corrected chi connectivity index (χ3v) is 4.13. The van der Waals surface area contributed by atoms with E-state index < -0.39 is 0 Å². The minimum Gasteiger partial charge on any atom is -0.352 e. The fraction of sp³-hybridized carbons (Fsp3) is 0.429. The first kappa shape index (κ1) is 15.3. The maximum atomic E-state index is 12.3. The van der Waals surface area contributed by atoms with E-state index in [2.05, 4.69) is 21.2 Å². The first-order valence-corrected chi connectivity index (χ1v) is 7.83. The average molecular weight is 360 g/mol. The van der Waals surface area contributed by atoms with Gasteiger partial charge in [0.15, 0.2) is 0 Å². The number of likely N-dealkylation sites (tertiary alicyclic amines) is 1. The second kappa shape index (κ2) is 7.09. The average Bonchev–Trinajstić information content (AvgIpc) is 2.48. The van der Waals surface area contributed by atoms with Gasteiger partial charge >= 0.3 is 0 Å². The molecule has 0 spiro atoms. The third-order valence-electron chi connectivity index (χ3n) is 3.36. The zero-order chi connectivity index (χ0) is 14.5. The predicted molar refractivity (Wildman–Crippen MR) is 81.9 cm³/mol. The molecule has 6 heteroatoms. The third kappa shape index (κ3) is 3.96. The van der Waals surface area contributed by atoms with Crippen LogP contribution >= 0.6 is 27.5 Å². The second-order valence-corrected chi connectivity index (χ2v) is 5.96. The Hall–Kier alpha value is -1.07.